The summed E-state index contributed by atoms with van der Waals surface area (Å²) >= 11 is 5.83. The molecule has 0 heterocycles. The van der Waals surface area contributed by atoms with Gasteiger partial charge in [0.25, 0.3) is 0 Å². The summed E-state index contributed by atoms with van der Waals surface area (Å²) in [7, 11) is 1.71. The van der Waals surface area contributed by atoms with Crippen LogP contribution in [0.2, 0.25) is 5.02 Å². The van der Waals surface area contributed by atoms with Crippen molar-refractivity contribution in [2.45, 2.75) is 0 Å². The molecule has 1 rings (SSSR count). The quantitative estimate of drug-likeness (QED) is 0.773. The van der Waals surface area contributed by atoms with Gasteiger partial charge in [0.2, 0.25) is 5.91 Å². The van der Waals surface area contributed by atoms with Crippen molar-refractivity contribution in [3.63, 3.8) is 0 Å². The number of carbonyl (C=O) groups excluding carboxylic acids is 1. The second kappa shape index (κ2) is 4.84. The summed E-state index contributed by atoms with van der Waals surface area (Å²) in [4.78, 5) is 11.1. The molecule has 13 heavy (non-hydrogen) atoms. The maximum Gasteiger partial charge on any atom is 0.238 e. The Bertz CT molecular complexity index is 301. The summed E-state index contributed by atoms with van der Waals surface area (Å²) in [6.45, 7) is 0.283. The van der Waals surface area contributed by atoms with E-state index >= 15 is 0 Å². The molecule has 0 saturated carbocycles. The fraction of sp³-hybridized carbons (Fsp3) is 0.222. The van der Waals surface area contributed by atoms with Crippen LogP contribution in [-0.4, -0.2) is 19.5 Å². The van der Waals surface area contributed by atoms with Crippen molar-refractivity contribution in [3.05, 3.63) is 29.3 Å². The summed E-state index contributed by atoms with van der Waals surface area (Å²) in [5, 5.41) is 5.98. The predicted octanol–water partition coefficient (Wildman–Crippen LogP) is 1.50. The van der Waals surface area contributed by atoms with Crippen LogP contribution in [0.5, 0.6) is 0 Å². The first-order chi connectivity index (χ1) is 6.24. The normalized spacial score (nSPS) is 9.69. The van der Waals surface area contributed by atoms with Crippen LogP contribution in [0.4, 0.5) is 5.69 Å². The lowest BCUT2D eigenvalue weighted by Gasteiger charge is -2.05. The highest BCUT2D eigenvalue weighted by molar-refractivity contribution is 6.33. The predicted molar refractivity (Wildman–Crippen MR) is 54.0 cm³/mol. The van der Waals surface area contributed by atoms with E-state index < -0.39 is 0 Å². The number of carbonyl (C=O) groups is 1. The molecule has 0 bridgehead atoms. The minimum absolute atomic E-state index is 0.101. The molecule has 0 atom stereocenters. The van der Waals surface area contributed by atoms with Crippen LogP contribution >= 0.6 is 11.6 Å². The van der Waals surface area contributed by atoms with Gasteiger partial charge < -0.3 is 10.6 Å². The molecule has 0 saturated heterocycles. The van der Waals surface area contributed by atoms with Gasteiger partial charge in [-0.1, -0.05) is 23.7 Å². The largest absolute Gasteiger partial charge is 0.324 e. The molecule has 0 fully saturated rings. The molecule has 0 aliphatic heterocycles. The minimum atomic E-state index is -0.101. The van der Waals surface area contributed by atoms with Crippen LogP contribution in [0, 0.1) is 0 Å². The van der Waals surface area contributed by atoms with E-state index in [1.165, 1.54) is 0 Å². The van der Waals surface area contributed by atoms with Crippen LogP contribution in [0.25, 0.3) is 0 Å². The zero-order valence-corrected chi connectivity index (χ0v) is 8.06. The standard InChI is InChI=1S/C9H11ClN2O/c1-11-6-9(13)12-8-5-3-2-4-7(8)10/h2-5,11H,6H2,1H3,(H,12,13). The molecular formula is C9H11ClN2O. The van der Waals surface area contributed by atoms with Gasteiger partial charge in [0.15, 0.2) is 0 Å². The van der Waals surface area contributed by atoms with Crippen molar-refractivity contribution >= 4 is 23.2 Å². The van der Waals surface area contributed by atoms with Crippen LogP contribution in [0.15, 0.2) is 24.3 Å². The number of hydrogen-bond acceptors (Lipinski definition) is 2. The number of nitrogens with one attached hydrogen (secondary N) is 2. The Labute approximate surface area is 82.1 Å². The Morgan fingerprint density at radius 1 is 1.46 bits per heavy atom. The molecule has 3 nitrogen and oxygen atoms in total. The second-order valence-corrected chi connectivity index (χ2v) is 2.97. The Morgan fingerprint density at radius 2 is 2.15 bits per heavy atom. The van der Waals surface area contributed by atoms with E-state index in [9.17, 15) is 4.79 Å². The van der Waals surface area contributed by atoms with E-state index in [4.69, 9.17) is 11.6 Å². The highest BCUT2D eigenvalue weighted by atomic mass is 35.5. The SMILES string of the molecule is CNCC(=O)Nc1ccccc1Cl. The third-order valence-electron chi connectivity index (χ3n) is 1.49. The zero-order valence-electron chi connectivity index (χ0n) is 7.30. The maximum absolute atomic E-state index is 11.1. The van der Waals surface area contributed by atoms with Crippen LogP contribution < -0.4 is 10.6 Å². The first-order valence-electron chi connectivity index (χ1n) is 3.93. The van der Waals surface area contributed by atoms with Gasteiger partial charge >= 0.3 is 0 Å². The maximum atomic E-state index is 11.1. The molecule has 0 aromatic heterocycles. The number of rotatable bonds is 3. The number of anilines is 1. The lowest BCUT2D eigenvalue weighted by molar-refractivity contribution is -0.115. The molecule has 2 N–H and O–H groups in total. The Kier molecular flexibility index (Phi) is 3.73. The van der Waals surface area contributed by atoms with E-state index in [0.29, 0.717) is 10.7 Å². The molecule has 1 amide bonds. The average molecular weight is 199 g/mol. The van der Waals surface area contributed by atoms with Gasteiger partial charge in [-0.2, -0.15) is 0 Å². The number of benzene rings is 1. The third-order valence-corrected chi connectivity index (χ3v) is 1.81. The minimum Gasteiger partial charge on any atom is -0.324 e. The van der Waals surface area contributed by atoms with E-state index in [-0.39, 0.29) is 12.5 Å². The van der Waals surface area contributed by atoms with Gasteiger partial charge in [0, 0.05) is 0 Å². The van der Waals surface area contributed by atoms with Crippen molar-refractivity contribution in [2.75, 3.05) is 18.9 Å². The lowest BCUT2D eigenvalue weighted by Crippen LogP contribution is -2.25. The number of hydrogen-bond donors (Lipinski definition) is 2. The molecule has 0 aliphatic carbocycles. The van der Waals surface area contributed by atoms with Crippen LogP contribution in [0.1, 0.15) is 0 Å². The fourth-order valence-corrected chi connectivity index (χ4v) is 1.10. The second-order valence-electron chi connectivity index (χ2n) is 2.56. The number of likely N-dealkylation sites (N-methyl/N-ethyl adjacent to an activating group) is 1. The fourth-order valence-electron chi connectivity index (χ4n) is 0.918. The van der Waals surface area contributed by atoms with E-state index in [1.54, 1.807) is 19.2 Å². The summed E-state index contributed by atoms with van der Waals surface area (Å²) in [6.07, 6.45) is 0. The summed E-state index contributed by atoms with van der Waals surface area (Å²) in [5.41, 5.74) is 0.643. The monoisotopic (exact) mass is 198 g/mol. The van der Waals surface area contributed by atoms with Gasteiger partial charge in [-0.15, -0.1) is 0 Å². The molecule has 1 aromatic carbocycles. The topological polar surface area (TPSA) is 41.1 Å². The molecule has 70 valence electrons. The summed E-state index contributed by atoms with van der Waals surface area (Å²) in [5.74, 6) is -0.101. The first-order valence-corrected chi connectivity index (χ1v) is 4.31. The van der Waals surface area contributed by atoms with Crippen molar-refractivity contribution in [2.24, 2.45) is 0 Å². The highest BCUT2D eigenvalue weighted by Crippen LogP contribution is 2.19. The molecular weight excluding hydrogens is 188 g/mol. The van der Waals surface area contributed by atoms with Crippen molar-refractivity contribution in [3.8, 4) is 0 Å². The number of amides is 1. The summed E-state index contributed by atoms with van der Waals surface area (Å²) < 4.78 is 0. The Morgan fingerprint density at radius 3 is 2.77 bits per heavy atom. The van der Waals surface area contributed by atoms with Gasteiger partial charge in [0.05, 0.1) is 17.3 Å². The Hall–Kier alpha value is -1.06. The molecule has 0 radical (unpaired) electrons. The molecule has 0 unspecified atom stereocenters. The van der Waals surface area contributed by atoms with Gasteiger partial charge in [-0.3, -0.25) is 4.79 Å². The molecule has 4 heteroatoms. The van der Waals surface area contributed by atoms with Gasteiger partial charge in [-0.05, 0) is 19.2 Å². The summed E-state index contributed by atoms with van der Waals surface area (Å²) in [6, 6.07) is 7.13. The number of para-hydroxylation sites is 1. The average Bonchev–Trinajstić information content (AvgIpc) is 2.09. The van der Waals surface area contributed by atoms with E-state index in [2.05, 4.69) is 10.6 Å². The molecule has 0 aliphatic rings. The zero-order chi connectivity index (χ0) is 9.68. The number of halogens is 1. The molecule has 0 spiro atoms. The van der Waals surface area contributed by atoms with Gasteiger partial charge in [0.1, 0.15) is 0 Å². The van der Waals surface area contributed by atoms with Crippen molar-refractivity contribution < 1.29 is 4.79 Å². The highest BCUT2D eigenvalue weighted by Gasteiger charge is 2.02. The van der Waals surface area contributed by atoms with E-state index in [1.807, 2.05) is 12.1 Å². The first kappa shape index (κ1) is 10.0. The molecule has 1 aromatic rings. The van der Waals surface area contributed by atoms with Crippen molar-refractivity contribution in [1.82, 2.24) is 5.32 Å². The Balaban J connectivity index is 2.63. The van der Waals surface area contributed by atoms with E-state index in [0.717, 1.165) is 0 Å². The lowest BCUT2D eigenvalue weighted by atomic mass is 10.3. The smallest absolute Gasteiger partial charge is 0.238 e. The third kappa shape index (κ3) is 3.05. The van der Waals surface area contributed by atoms with Crippen LogP contribution in [-0.2, 0) is 4.79 Å². The van der Waals surface area contributed by atoms with Crippen molar-refractivity contribution in [1.29, 1.82) is 0 Å². The van der Waals surface area contributed by atoms with Crippen LogP contribution in [0.3, 0.4) is 0 Å². The van der Waals surface area contributed by atoms with Gasteiger partial charge in [-0.25, -0.2) is 0 Å².